The Balaban J connectivity index is 2.26. The molecule has 0 amide bonds. The van der Waals surface area contributed by atoms with E-state index < -0.39 is 0 Å². The van der Waals surface area contributed by atoms with Gasteiger partial charge in [-0.15, -0.1) is 0 Å². The van der Waals surface area contributed by atoms with Crippen LogP contribution in [0, 0.1) is 11.3 Å². The Kier molecular flexibility index (Phi) is 6.67. The Bertz CT molecular complexity index is 261. The van der Waals surface area contributed by atoms with Crippen LogP contribution in [0.25, 0.3) is 0 Å². The van der Waals surface area contributed by atoms with E-state index in [2.05, 4.69) is 37.1 Å². The molecule has 18 heavy (non-hydrogen) atoms. The van der Waals surface area contributed by atoms with Crippen LogP contribution in [0.5, 0.6) is 0 Å². The zero-order chi connectivity index (χ0) is 13.4. The number of nitrogens with zero attached hydrogens (tertiary/aromatic N) is 2. The van der Waals surface area contributed by atoms with Crippen LogP contribution in [0.1, 0.15) is 59.3 Å². The minimum absolute atomic E-state index is 0.314. The normalized spacial score (nSPS) is 18.6. The lowest BCUT2D eigenvalue weighted by Gasteiger charge is -2.26. The molecule has 1 unspecified atom stereocenters. The molecule has 0 saturated heterocycles. The molecular weight excluding hydrogens is 222 g/mol. The second-order valence-electron chi connectivity index (χ2n) is 5.81. The minimum atomic E-state index is -0.314. The Morgan fingerprint density at radius 3 is 2.28 bits per heavy atom. The van der Waals surface area contributed by atoms with E-state index in [1.807, 2.05) is 0 Å². The maximum atomic E-state index is 9.31. The van der Waals surface area contributed by atoms with Crippen molar-refractivity contribution in [1.29, 1.82) is 5.26 Å². The lowest BCUT2D eigenvalue weighted by molar-refractivity contribution is 0.257. The van der Waals surface area contributed by atoms with Crippen LogP contribution in [0.4, 0.5) is 0 Å². The molecule has 1 saturated carbocycles. The fourth-order valence-corrected chi connectivity index (χ4v) is 2.46. The van der Waals surface area contributed by atoms with Crippen LogP contribution in [0.15, 0.2) is 0 Å². The van der Waals surface area contributed by atoms with Crippen molar-refractivity contribution in [1.82, 2.24) is 10.2 Å². The Labute approximate surface area is 113 Å². The van der Waals surface area contributed by atoms with Gasteiger partial charge in [0.1, 0.15) is 5.54 Å². The fourth-order valence-electron chi connectivity index (χ4n) is 2.46. The van der Waals surface area contributed by atoms with Crippen LogP contribution in [0.2, 0.25) is 0 Å². The van der Waals surface area contributed by atoms with Crippen molar-refractivity contribution in [2.45, 2.75) is 70.9 Å². The summed E-state index contributed by atoms with van der Waals surface area (Å²) in [6.45, 7) is 10.0. The first-order chi connectivity index (χ1) is 8.63. The standard InChI is InChI=1S/C15H29N3/c1-4-10-18(11-5-2)12-6-9-15(3,13-16)17-14-7-8-14/h14,17H,4-12H2,1-3H3. The number of rotatable bonds is 10. The van der Waals surface area contributed by atoms with Gasteiger partial charge in [0.25, 0.3) is 0 Å². The summed E-state index contributed by atoms with van der Waals surface area (Å²) in [5, 5.41) is 12.8. The highest BCUT2D eigenvalue weighted by atomic mass is 15.1. The van der Waals surface area contributed by atoms with Crippen molar-refractivity contribution in [2.75, 3.05) is 19.6 Å². The first kappa shape index (κ1) is 15.5. The van der Waals surface area contributed by atoms with E-state index in [4.69, 9.17) is 0 Å². The van der Waals surface area contributed by atoms with Crippen LogP contribution < -0.4 is 5.32 Å². The molecule has 0 spiro atoms. The molecule has 0 aromatic heterocycles. The van der Waals surface area contributed by atoms with Gasteiger partial charge >= 0.3 is 0 Å². The summed E-state index contributed by atoms with van der Waals surface area (Å²) in [6.07, 6.45) is 7.00. The zero-order valence-electron chi connectivity index (χ0n) is 12.3. The maximum Gasteiger partial charge on any atom is 0.104 e. The molecule has 0 radical (unpaired) electrons. The van der Waals surface area contributed by atoms with Gasteiger partial charge in [0.05, 0.1) is 6.07 Å². The highest BCUT2D eigenvalue weighted by Crippen LogP contribution is 2.24. The Hall–Kier alpha value is -0.590. The number of hydrogen-bond acceptors (Lipinski definition) is 3. The Morgan fingerprint density at radius 2 is 1.83 bits per heavy atom. The largest absolute Gasteiger partial charge is 0.303 e. The van der Waals surface area contributed by atoms with Crippen LogP contribution in [0.3, 0.4) is 0 Å². The smallest absolute Gasteiger partial charge is 0.104 e. The van der Waals surface area contributed by atoms with E-state index in [1.165, 1.54) is 38.8 Å². The molecule has 1 fully saturated rings. The molecule has 1 N–H and O–H groups in total. The third kappa shape index (κ3) is 5.84. The van der Waals surface area contributed by atoms with E-state index in [-0.39, 0.29) is 5.54 Å². The number of nitrogens with one attached hydrogen (secondary N) is 1. The van der Waals surface area contributed by atoms with Crippen molar-refractivity contribution < 1.29 is 0 Å². The van der Waals surface area contributed by atoms with E-state index in [9.17, 15) is 5.26 Å². The SMILES string of the molecule is CCCN(CCC)CCCC(C)(C#N)NC1CC1. The van der Waals surface area contributed by atoms with Gasteiger partial charge in [-0.25, -0.2) is 0 Å². The average Bonchev–Trinajstić information content (AvgIpc) is 3.13. The Morgan fingerprint density at radius 1 is 1.22 bits per heavy atom. The molecule has 0 aromatic rings. The van der Waals surface area contributed by atoms with Gasteiger partial charge in [-0.2, -0.15) is 5.26 Å². The van der Waals surface area contributed by atoms with Gasteiger partial charge in [-0.05, 0) is 65.1 Å². The van der Waals surface area contributed by atoms with Crippen molar-refractivity contribution in [3.8, 4) is 6.07 Å². The minimum Gasteiger partial charge on any atom is -0.303 e. The fraction of sp³-hybridized carbons (Fsp3) is 0.933. The topological polar surface area (TPSA) is 39.1 Å². The summed E-state index contributed by atoms with van der Waals surface area (Å²) in [5.74, 6) is 0. The number of nitriles is 1. The number of hydrogen-bond donors (Lipinski definition) is 1. The molecule has 1 rings (SSSR count). The van der Waals surface area contributed by atoms with Crippen molar-refractivity contribution >= 4 is 0 Å². The van der Waals surface area contributed by atoms with Gasteiger partial charge in [0.15, 0.2) is 0 Å². The summed E-state index contributed by atoms with van der Waals surface area (Å²) in [6, 6.07) is 3.07. The van der Waals surface area contributed by atoms with Crippen molar-refractivity contribution in [3.05, 3.63) is 0 Å². The average molecular weight is 251 g/mol. The van der Waals surface area contributed by atoms with Gasteiger partial charge in [0.2, 0.25) is 0 Å². The molecular formula is C15H29N3. The maximum absolute atomic E-state index is 9.31. The van der Waals surface area contributed by atoms with Crippen LogP contribution in [-0.2, 0) is 0 Å². The van der Waals surface area contributed by atoms with Crippen molar-refractivity contribution in [2.24, 2.45) is 0 Å². The molecule has 1 aliphatic rings. The highest BCUT2D eigenvalue weighted by Gasteiger charge is 2.31. The third-order valence-corrected chi connectivity index (χ3v) is 3.58. The van der Waals surface area contributed by atoms with E-state index in [0.717, 1.165) is 19.4 Å². The van der Waals surface area contributed by atoms with Gasteiger partial charge in [-0.1, -0.05) is 13.8 Å². The quantitative estimate of drug-likeness (QED) is 0.649. The third-order valence-electron chi connectivity index (χ3n) is 3.58. The lowest BCUT2D eigenvalue weighted by Crippen LogP contribution is -2.43. The molecule has 1 atom stereocenters. The highest BCUT2D eigenvalue weighted by molar-refractivity contribution is 5.07. The molecule has 104 valence electrons. The second-order valence-corrected chi connectivity index (χ2v) is 5.81. The van der Waals surface area contributed by atoms with Crippen molar-refractivity contribution in [3.63, 3.8) is 0 Å². The summed E-state index contributed by atoms with van der Waals surface area (Å²) < 4.78 is 0. The van der Waals surface area contributed by atoms with Gasteiger partial charge in [-0.3, -0.25) is 5.32 Å². The summed E-state index contributed by atoms with van der Waals surface area (Å²) in [5.41, 5.74) is -0.314. The van der Waals surface area contributed by atoms with E-state index >= 15 is 0 Å². The van der Waals surface area contributed by atoms with Gasteiger partial charge in [0, 0.05) is 6.04 Å². The first-order valence-corrected chi connectivity index (χ1v) is 7.55. The molecule has 3 heteroatoms. The lowest BCUT2D eigenvalue weighted by atomic mass is 9.97. The van der Waals surface area contributed by atoms with E-state index in [1.54, 1.807) is 0 Å². The van der Waals surface area contributed by atoms with Gasteiger partial charge < -0.3 is 4.90 Å². The monoisotopic (exact) mass is 251 g/mol. The van der Waals surface area contributed by atoms with Crippen LogP contribution in [-0.4, -0.2) is 36.1 Å². The zero-order valence-corrected chi connectivity index (χ0v) is 12.3. The van der Waals surface area contributed by atoms with E-state index in [0.29, 0.717) is 6.04 Å². The molecule has 0 heterocycles. The first-order valence-electron chi connectivity index (χ1n) is 7.55. The summed E-state index contributed by atoms with van der Waals surface area (Å²) in [4.78, 5) is 2.52. The second kappa shape index (κ2) is 7.76. The molecule has 0 aliphatic heterocycles. The summed E-state index contributed by atoms with van der Waals surface area (Å²) >= 11 is 0. The molecule has 1 aliphatic carbocycles. The molecule has 3 nitrogen and oxygen atoms in total. The molecule has 0 aromatic carbocycles. The van der Waals surface area contributed by atoms with Crippen LogP contribution >= 0.6 is 0 Å². The summed E-state index contributed by atoms with van der Waals surface area (Å²) in [7, 11) is 0. The predicted molar refractivity (Wildman–Crippen MR) is 76.4 cm³/mol. The molecule has 0 bridgehead atoms. The predicted octanol–water partition coefficient (Wildman–Crippen LogP) is 2.92.